The Hall–Kier alpha value is -1.39. The number of benzene rings is 1. The molecule has 0 bridgehead atoms. The summed E-state index contributed by atoms with van der Waals surface area (Å²) >= 11 is 6.07. The predicted molar refractivity (Wildman–Crippen MR) is 69.9 cm³/mol. The smallest absolute Gasteiger partial charge is 0.126 e. The maximum atomic E-state index is 13.6. The molecule has 0 spiro atoms. The molecular weight excluding hydrogens is 253 g/mol. The second-order valence-electron chi connectivity index (χ2n) is 4.10. The van der Waals surface area contributed by atoms with Crippen LogP contribution in [0.1, 0.15) is 24.2 Å². The van der Waals surface area contributed by atoms with E-state index in [1.807, 2.05) is 6.92 Å². The summed E-state index contributed by atoms with van der Waals surface area (Å²) < 4.78 is 15.3. The third kappa shape index (κ3) is 2.54. The van der Waals surface area contributed by atoms with E-state index >= 15 is 0 Å². The molecule has 1 aromatic carbocycles. The summed E-state index contributed by atoms with van der Waals surface area (Å²) in [6.45, 7) is 2.65. The minimum absolute atomic E-state index is 0.244. The minimum atomic E-state index is -0.364. The van der Waals surface area contributed by atoms with Crippen LogP contribution in [-0.2, 0) is 13.0 Å². The van der Waals surface area contributed by atoms with Gasteiger partial charge in [-0.05, 0) is 25.0 Å². The zero-order chi connectivity index (χ0) is 13.1. The van der Waals surface area contributed by atoms with Crippen LogP contribution in [0.4, 0.5) is 4.39 Å². The average molecular weight is 268 g/mol. The Kier molecular flexibility index (Phi) is 3.99. The van der Waals surface area contributed by atoms with E-state index in [0.29, 0.717) is 23.6 Å². The van der Waals surface area contributed by atoms with Crippen molar-refractivity contribution in [3.05, 3.63) is 52.6 Å². The zero-order valence-corrected chi connectivity index (χ0v) is 10.9. The van der Waals surface area contributed by atoms with Gasteiger partial charge in [0, 0.05) is 6.54 Å². The quantitative estimate of drug-likeness (QED) is 0.926. The second kappa shape index (κ2) is 5.50. The molecule has 0 amide bonds. The molecule has 1 heterocycles. The number of nitrogens with zero attached hydrogens (tertiary/aromatic N) is 2. The van der Waals surface area contributed by atoms with Gasteiger partial charge in [-0.15, -0.1) is 0 Å². The molecule has 0 aliphatic rings. The maximum Gasteiger partial charge on any atom is 0.126 e. The first-order valence-corrected chi connectivity index (χ1v) is 6.21. The Bertz CT molecular complexity index is 539. The van der Waals surface area contributed by atoms with Gasteiger partial charge in [-0.2, -0.15) is 5.10 Å². The maximum absolute atomic E-state index is 13.6. The summed E-state index contributed by atoms with van der Waals surface area (Å²) in [6, 6.07) is 6.26. The Morgan fingerprint density at radius 3 is 2.83 bits per heavy atom. The number of hydrogen-bond acceptors (Lipinski definition) is 2. The lowest BCUT2D eigenvalue weighted by Gasteiger charge is -2.14. The van der Waals surface area contributed by atoms with Crippen LogP contribution in [0.15, 0.2) is 30.5 Å². The largest absolute Gasteiger partial charge is 0.322 e. The SMILES string of the molecule is CCn1ncc(Cl)c1C(N)Cc1ccccc1F. The molecule has 1 aromatic heterocycles. The monoisotopic (exact) mass is 267 g/mol. The Morgan fingerprint density at radius 2 is 2.17 bits per heavy atom. The van der Waals surface area contributed by atoms with Gasteiger partial charge in [-0.3, -0.25) is 4.68 Å². The van der Waals surface area contributed by atoms with Crippen LogP contribution in [-0.4, -0.2) is 9.78 Å². The van der Waals surface area contributed by atoms with Crippen molar-refractivity contribution in [1.29, 1.82) is 0 Å². The van der Waals surface area contributed by atoms with Crippen LogP contribution in [0.2, 0.25) is 5.02 Å². The van der Waals surface area contributed by atoms with Crippen LogP contribution in [0, 0.1) is 5.82 Å². The van der Waals surface area contributed by atoms with E-state index in [0.717, 1.165) is 5.69 Å². The topological polar surface area (TPSA) is 43.8 Å². The highest BCUT2D eigenvalue weighted by molar-refractivity contribution is 6.31. The van der Waals surface area contributed by atoms with Crippen molar-refractivity contribution in [1.82, 2.24) is 9.78 Å². The first kappa shape index (κ1) is 13.1. The van der Waals surface area contributed by atoms with Gasteiger partial charge in [0.25, 0.3) is 0 Å². The van der Waals surface area contributed by atoms with E-state index in [2.05, 4.69) is 5.10 Å². The van der Waals surface area contributed by atoms with E-state index in [1.165, 1.54) is 6.07 Å². The number of rotatable bonds is 4. The molecule has 0 aliphatic heterocycles. The lowest BCUT2D eigenvalue weighted by atomic mass is 10.0. The van der Waals surface area contributed by atoms with Gasteiger partial charge in [0.1, 0.15) is 5.82 Å². The molecule has 0 radical (unpaired) electrons. The van der Waals surface area contributed by atoms with Gasteiger partial charge >= 0.3 is 0 Å². The van der Waals surface area contributed by atoms with Crippen LogP contribution in [0.25, 0.3) is 0 Å². The van der Waals surface area contributed by atoms with Crippen LogP contribution < -0.4 is 5.73 Å². The normalized spacial score (nSPS) is 12.7. The number of halogens is 2. The number of aryl methyl sites for hydroxylation is 1. The van der Waals surface area contributed by atoms with E-state index < -0.39 is 0 Å². The van der Waals surface area contributed by atoms with Crippen LogP contribution >= 0.6 is 11.6 Å². The Labute approximate surface area is 110 Å². The van der Waals surface area contributed by atoms with Crippen molar-refractivity contribution in [2.75, 3.05) is 0 Å². The summed E-state index contributed by atoms with van der Waals surface area (Å²) in [5, 5.41) is 4.66. The molecule has 2 aromatic rings. The Morgan fingerprint density at radius 1 is 1.44 bits per heavy atom. The van der Waals surface area contributed by atoms with Gasteiger partial charge in [-0.25, -0.2) is 4.39 Å². The minimum Gasteiger partial charge on any atom is -0.322 e. The van der Waals surface area contributed by atoms with E-state index in [-0.39, 0.29) is 11.9 Å². The zero-order valence-electron chi connectivity index (χ0n) is 10.1. The molecule has 5 heteroatoms. The highest BCUT2D eigenvalue weighted by Crippen LogP contribution is 2.24. The summed E-state index contributed by atoms with van der Waals surface area (Å²) in [5.41, 5.74) is 7.45. The molecule has 0 saturated carbocycles. The van der Waals surface area contributed by atoms with Crippen molar-refractivity contribution in [3.63, 3.8) is 0 Å². The summed E-state index contributed by atoms with van der Waals surface area (Å²) in [4.78, 5) is 0. The highest BCUT2D eigenvalue weighted by Gasteiger charge is 2.17. The number of hydrogen-bond donors (Lipinski definition) is 1. The Balaban J connectivity index is 2.24. The van der Waals surface area contributed by atoms with Gasteiger partial charge in [0.15, 0.2) is 0 Å². The molecule has 0 saturated heterocycles. The summed E-state index contributed by atoms with van der Waals surface area (Å²) in [6.07, 6.45) is 1.97. The van der Waals surface area contributed by atoms with Crippen molar-refractivity contribution < 1.29 is 4.39 Å². The fraction of sp³-hybridized carbons (Fsp3) is 0.308. The average Bonchev–Trinajstić information content (AvgIpc) is 2.73. The van der Waals surface area contributed by atoms with Crippen molar-refractivity contribution in [2.45, 2.75) is 25.9 Å². The standard InChI is InChI=1S/C13H15ClFN3/c1-2-18-13(10(14)8-17-18)12(16)7-9-5-3-4-6-11(9)15/h3-6,8,12H,2,7,16H2,1H3. The second-order valence-corrected chi connectivity index (χ2v) is 4.50. The third-order valence-corrected chi connectivity index (χ3v) is 3.17. The molecule has 18 heavy (non-hydrogen) atoms. The van der Waals surface area contributed by atoms with Gasteiger partial charge < -0.3 is 5.73 Å². The van der Waals surface area contributed by atoms with E-state index in [1.54, 1.807) is 29.1 Å². The predicted octanol–water partition coefficient (Wildman–Crippen LogP) is 2.94. The summed E-state index contributed by atoms with van der Waals surface area (Å²) in [7, 11) is 0. The molecule has 1 atom stereocenters. The number of nitrogens with two attached hydrogens (primary N) is 1. The lowest BCUT2D eigenvalue weighted by Crippen LogP contribution is -2.19. The molecule has 2 rings (SSSR count). The number of aromatic nitrogens is 2. The fourth-order valence-electron chi connectivity index (χ4n) is 1.99. The molecule has 0 aliphatic carbocycles. The third-order valence-electron chi connectivity index (χ3n) is 2.88. The van der Waals surface area contributed by atoms with Crippen LogP contribution in [0.5, 0.6) is 0 Å². The first-order valence-electron chi connectivity index (χ1n) is 5.83. The van der Waals surface area contributed by atoms with Crippen molar-refractivity contribution in [3.8, 4) is 0 Å². The van der Waals surface area contributed by atoms with Gasteiger partial charge in [-0.1, -0.05) is 29.8 Å². The fourth-order valence-corrected chi connectivity index (χ4v) is 2.27. The molecule has 3 nitrogen and oxygen atoms in total. The molecule has 1 unspecified atom stereocenters. The van der Waals surface area contributed by atoms with Crippen LogP contribution in [0.3, 0.4) is 0 Å². The van der Waals surface area contributed by atoms with Crippen molar-refractivity contribution >= 4 is 11.6 Å². The first-order chi connectivity index (χ1) is 8.63. The van der Waals surface area contributed by atoms with Crippen molar-refractivity contribution in [2.24, 2.45) is 5.73 Å². The lowest BCUT2D eigenvalue weighted by molar-refractivity contribution is 0.551. The van der Waals surface area contributed by atoms with E-state index in [4.69, 9.17) is 17.3 Å². The summed E-state index contributed by atoms with van der Waals surface area (Å²) in [5.74, 6) is -0.244. The molecule has 96 valence electrons. The molecular formula is C13H15ClFN3. The van der Waals surface area contributed by atoms with E-state index in [9.17, 15) is 4.39 Å². The molecule has 0 fully saturated rings. The van der Waals surface area contributed by atoms with Gasteiger partial charge in [0.2, 0.25) is 0 Å². The highest BCUT2D eigenvalue weighted by atomic mass is 35.5. The van der Waals surface area contributed by atoms with Gasteiger partial charge in [0.05, 0.1) is 23.0 Å². The molecule has 2 N–H and O–H groups in total.